The van der Waals surface area contributed by atoms with Gasteiger partial charge in [0.2, 0.25) is 5.91 Å². The summed E-state index contributed by atoms with van der Waals surface area (Å²) in [6.45, 7) is 5.32. The summed E-state index contributed by atoms with van der Waals surface area (Å²) >= 11 is 13.7. The van der Waals surface area contributed by atoms with Crippen LogP contribution in [-0.2, 0) is 17.9 Å². The van der Waals surface area contributed by atoms with Gasteiger partial charge in [-0.25, -0.2) is 14.4 Å². The maximum Gasteiger partial charge on any atom is 0.268 e. The fraction of sp³-hybridized carbons (Fsp3) is 0.394. The Bertz CT molecular complexity index is 2000. The number of ketones is 1. The van der Waals surface area contributed by atoms with Crippen molar-refractivity contribution >= 4 is 95.0 Å². The van der Waals surface area contributed by atoms with Gasteiger partial charge in [-0.05, 0) is 48.4 Å². The third kappa shape index (κ3) is 20.0. The van der Waals surface area contributed by atoms with E-state index in [2.05, 4.69) is 25.3 Å². The Morgan fingerprint density at radius 1 is 0.943 bits per heavy atom. The number of thiophene rings is 3. The number of H-pyrrole nitrogens is 2. The number of aromatic nitrogens is 4. The van der Waals surface area contributed by atoms with Crippen molar-refractivity contribution in [2.75, 3.05) is 45.6 Å². The number of nitrogens with zero attached hydrogens (tertiary/aromatic N) is 6. The molecule has 0 bridgehead atoms. The summed E-state index contributed by atoms with van der Waals surface area (Å²) in [5.74, 6) is 1.17. The summed E-state index contributed by atoms with van der Waals surface area (Å²) < 4.78 is 12.7. The average molecular weight is 832 g/mol. The van der Waals surface area contributed by atoms with Crippen molar-refractivity contribution in [2.24, 2.45) is 0 Å². The van der Waals surface area contributed by atoms with E-state index in [-0.39, 0.29) is 42.1 Å². The highest BCUT2D eigenvalue weighted by Crippen LogP contribution is 2.18. The summed E-state index contributed by atoms with van der Waals surface area (Å²) in [6, 6.07) is 9.13. The van der Waals surface area contributed by atoms with Gasteiger partial charge < -0.3 is 25.9 Å². The quantitative estimate of drug-likeness (QED) is 0.0597. The van der Waals surface area contributed by atoms with Crippen LogP contribution < -0.4 is 22.2 Å². The first-order chi connectivity index (χ1) is 24.7. The number of nitrogens with one attached hydrogen (secondary N) is 3. The molecule has 0 unspecified atom stereocenters. The first-order valence-electron chi connectivity index (χ1n) is 15.0. The zero-order chi connectivity index (χ0) is 39.6. The molecule has 0 saturated carbocycles. The Morgan fingerprint density at radius 2 is 1.42 bits per heavy atom. The van der Waals surface area contributed by atoms with Crippen molar-refractivity contribution in [3.05, 3.63) is 71.6 Å². The third-order valence-electron chi connectivity index (χ3n) is 5.71. The number of carbonyl (C=O) groups is 2. The summed E-state index contributed by atoms with van der Waals surface area (Å²) in [7, 11) is 5.03. The van der Waals surface area contributed by atoms with E-state index in [9.17, 15) is 23.6 Å². The van der Waals surface area contributed by atoms with Gasteiger partial charge in [0.05, 0.1) is 58.7 Å². The van der Waals surface area contributed by atoms with Crippen LogP contribution in [0.25, 0.3) is 20.4 Å². The molecule has 1 amide bonds. The van der Waals surface area contributed by atoms with E-state index >= 15 is 0 Å². The molecule has 0 radical (unpaired) electrons. The zero-order valence-corrected chi connectivity index (χ0v) is 33.4. The number of nitrogen functional groups attached to an aromatic ring is 1. The van der Waals surface area contributed by atoms with Crippen LogP contribution >= 0.6 is 57.2 Å². The zero-order valence-electron chi connectivity index (χ0n) is 29.5. The van der Waals surface area contributed by atoms with Crippen LogP contribution in [0.4, 0.5) is 10.1 Å². The summed E-state index contributed by atoms with van der Waals surface area (Å²) in [6.07, 6.45) is 0.625. The molecule has 0 aromatic carbocycles. The number of Topliss-reactive ketones (excluding diaryl/α,β-unsaturated/α-hetero) is 1. The van der Waals surface area contributed by atoms with E-state index in [1.807, 2.05) is 42.2 Å². The van der Waals surface area contributed by atoms with Gasteiger partial charge in [0, 0.05) is 27.3 Å². The largest absolute Gasteiger partial charge is 0.397 e. The van der Waals surface area contributed by atoms with Gasteiger partial charge in [0.15, 0.2) is 5.78 Å². The van der Waals surface area contributed by atoms with E-state index in [1.165, 1.54) is 57.7 Å². The smallest absolute Gasteiger partial charge is 0.268 e. The summed E-state index contributed by atoms with van der Waals surface area (Å²) in [5, 5.41) is 24.2. The lowest BCUT2D eigenvalue weighted by molar-refractivity contribution is -0.128. The fourth-order valence-corrected chi connectivity index (χ4v) is 5.45. The molecule has 5 N–H and O–H groups in total. The molecule has 5 heterocycles. The van der Waals surface area contributed by atoms with E-state index in [1.54, 1.807) is 32.3 Å². The predicted octanol–water partition coefficient (Wildman–Crippen LogP) is 6.55. The second-order valence-electron chi connectivity index (χ2n) is 9.87. The SMILES string of the molecule is C.CC(=O)N(C)Cc1nc2ccsc2c(=O)[nH]1.CC(=O)c1sccc1N.CCC#N.CN(CF)CC#N.CNCc1nc2ccsc2c(=O)[nH]1.ClCCl. The van der Waals surface area contributed by atoms with Crippen LogP contribution in [0.5, 0.6) is 0 Å². The number of anilines is 1. The first kappa shape index (κ1) is 50.8. The minimum absolute atomic E-state index is 0. The first-order valence-corrected chi connectivity index (χ1v) is 18.7. The average Bonchev–Trinajstić information content (AvgIpc) is 3.88. The summed E-state index contributed by atoms with van der Waals surface area (Å²) in [4.78, 5) is 62.1. The number of carbonyl (C=O) groups excluding carboxylic acids is 2. The molecule has 0 atom stereocenters. The molecule has 0 spiro atoms. The van der Waals surface area contributed by atoms with E-state index in [0.717, 1.165) is 5.52 Å². The normalized spacial score (nSPS) is 9.36. The topological polar surface area (TPSA) is 218 Å². The number of aromatic amines is 2. The highest BCUT2D eigenvalue weighted by Gasteiger charge is 2.09. The van der Waals surface area contributed by atoms with Crippen molar-refractivity contribution in [3.63, 3.8) is 0 Å². The minimum Gasteiger partial charge on any atom is -0.397 e. The Labute approximate surface area is 330 Å². The van der Waals surface area contributed by atoms with Gasteiger partial charge in [-0.15, -0.1) is 57.2 Å². The van der Waals surface area contributed by atoms with E-state index < -0.39 is 6.80 Å². The highest BCUT2D eigenvalue weighted by molar-refractivity contribution is 7.17. The molecule has 53 heavy (non-hydrogen) atoms. The Balaban J connectivity index is 0. The third-order valence-corrected chi connectivity index (χ3v) is 8.55. The number of rotatable bonds is 7. The number of halogens is 3. The van der Waals surface area contributed by atoms with Gasteiger partial charge in [-0.3, -0.25) is 24.1 Å². The lowest BCUT2D eigenvalue weighted by atomic mass is 10.3. The van der Waals surface area contributed by atoms with Crippen LogP contribution in [0.2, 0.25) is 0 Å². The second kappa shape index (κ2) is 29.2. The molecular formula is C33H45Cl2FN10O4S3. The predicted molar refractivity (Wildman–Crippen MR) is 218 cm³/mol. The number of hydrogen-bond acceptors (Lipinski definition) is 14. The number of nitriles is 2. The monoisotopic (exact) mass is 830 g/mol. The second-order valence-corrected chi connectivity index (χ2v) is 13.4. The molecule has 14 nitrogen and oxygen atoms in total. The van der Waals surface area contributed by atoms with Crippen LogP contribution in [0, 0.1) is 22.7 Å². The van der Waals surface area contributed by atoms with Crippen LogP contribution in [-0.4, -0.2) is 81.3 Å². The van der Waals surface area contributed by atoms with Crippen molar-refractivity contribution in [2.45, 2.75) is 47.7 Å². The molecule has 5 rings (SSSR count). The van der Waals surface area contributed by atoms with Crippen molar-refractivity contribution < 1.29 is 14.0 Å². The summed E-state index contributed by atoms with van der Waals surface area (Å²) in [5.41, 5.74) is 7.28. The fourth-order valence-electron chi connectivity index (χ4n) is 3.27. The van der Waals surface area contributed by atoms with Crippen LogP contribution in [0.15, 0.2) is 43.9 Å². The van der Waals surface area contributed by atoms with Crippen molar-refractivity contribution in [1.82, 2.24) is 35.1 Å². The van der Waals surface area contributed by atoms with Gasteiger partial charge in [-0.2, -0.15) is 10.5 Å². The van der Waals surface area contributed by atoms with Gasteiger partial charge >= 0.3 is 0 Å². The number of fused-ring (bicyclic) bond motifs is 2. The molecule has 0 saturated heterocycles. The van der Waals surface area contributed by atoms with Crippen LogP contribution in [0.3, 0.4) is 0 Å². The number of alkyl halides is 3. The lowest BCUT2D eigenvalue weighted by Gasteiger charge is -2.13. The number of nitrogens with two attached hydrogens (primary N) is 1. The molecule has 5 aromatic rings. The maximum atomic E-state index is 11.6. The lowest BCUT2D eigenvalue weighted by Crippen LogP contribution is -2.25. The maximum absolute atomic E-state index is 11.6. The van der Waals surface area contributed by atoms with E-state index in [0.29, 0.717) is 56.6 Å². The van der Waals surface area contributed by atoms with Crippen LogP contribution in [0.1, 0.15) is 55.9 Å². The molecule has 0 aliphatic rings. The van der Waals surface area contributed by atoms with Gasteiger partial charge in [0.1, 0.15) is 27.8 Å². The van der Waals surface area contributed by atoms with Gasteiger partial charge in [0.25, 0.3) is 11.1 Å². The number of amides is 1. The molecule has 0 aliphatic carbocycles. The molecule has 0 aliphatic heterocycles. The molecule has 20 heteroatoms. The molecule has 5 aromatic heterocycles. The Hall–Kier alpha value is -4.27. The van der Waals surface area contributed by atoms with E-state index in [4.69, 9.17) is 39.5 Å². The number of hydrogen-bond donors (Lipinski definition) is 4. The van der Waals surface area contributed by atoms with Crippen molar-refractivity contribution in [3.8, 4) is 12.1 Å². The Kier molecular flexibility index (Phi) is 28.0. The van der Waals surface area contributed by atoms with Gasteiger partial charge in [-0.1, -0.05) is 14.4 Å². The standard InChI is InChI=1S/C10H11N3O2S.C8H9N3OS.C6H7NOS.C4H7FN2.C3H5N.CH2Cl2.CH4/c1-6(14)13(2)5-8-11-7-3-4-16-9(7)10(15)12-8;1-9-4-6-10-5-2-3-13-7(5)8(12)11-6;1-4(8)6-5(7)2-3-9-6;1-7(4-5)3-2-6;1-2-3-4;2-1-3;/h3-4H,5H2,1-2H3,(H,11,12,15);2-3,9H,4H2,1H3,(H,10,11,12);2-3H,7H2,1H3;3-4H2,1H3;2H2,1H3;1H2;1H4. The molecule has 290 valence electrons. The van der Waals surface area contributed by atoms with Crippen molar-refractivity contribution in [1.29, 1.82) is 10.5 Å². The molecular weight excluding hydrogens is 787 g/mol. The molecule has 0 fully saturated rings. The Morgan fingerprint density at radius 3 is 1.75 bits per heavy atom. The minimum atomic E-state index is -0.548. The highest BCUT2D eigenvalue weighted by atomic mass is 35.5.